The average molecular weight is 394 g/mol. The van der Waals surface area contributed by atoms with Crippen molar-refractivity contribution >= 4 is 28.8 Å². The molecule has 29 heavy (non-hydrogen) atoms. The van der Waals surface area contributed by atoms with Gasteiger partial charge in [0.15, 0.2) is 5.82 Å². The first-order chi connectivity index (χ1) is 14.1. The average Bonchev–Trinajstić information content (AvgIpc) is 3.34. The highest BCUT2D eigenvalue weighted by molar-refractivity contribution is 6.00. The number of ether oxygens (including phenoxy) is 1. The monoisotopic (exact) mass is 394 g/mol. The first-order valence-corrected chi connectivity index (χ1v) is 9.34. The van der Waals surface area contributed by atoms with Gasteiger partial charge in [-0.1, -0.05) is 18.2 Å². The van der Waals surface area contributed by atoms with Crippen LogP contribution in [-0.2, 0) is 0 Å². The van der Waals surface area contributed by atoms with Crippen LogP contribution in [0.15, 0.2) is 42.5 Å². The normalized spacial score (nSPS) is 13.4. The molecule has 4 amide bonds. The van der Waals surface area contributed by atoms with E-state index in [-0.39, 0.29) is 12.1 Å². The summed E-state index contributed by atoms with van der Waals surface area (Å²) >= 11 is 0. The van der Waals surface area contributed by atoms with Crippen molar-refractivity contribution in [3.05, 3.63) is 42.5 Å². The summed E-state index contributed by atoms with van der Waals surface area (Å²) in [6.45, 7) is 2.12. The molecule has 2 heterocycles. The second-order valence-corrected chi connectivity index (χ2v) is 6.66. The van der Waals surface area contributed by atoms with Gasteiger partial charge in [0.25, 0.3) is 0 Å². The second-order valence-electron chi connectivity index (χ2n) is 6.66. The van der Waals surface area contributed by atoms with Gasteiger partial charge in [-0.05, 0) is 35.4 Å². The van der Waals surface area contributed by atoms with Gasteiger partial charge in [-0.2, -0.15) is 5.10 Å². The van der Waals surface area contributed by atoms with Gasteiger partial charge in [0.1, 0.15) is 5.75 Å². The molecule has 4 rings (SSSR count). The Morgan fingerprint density at radius 2 is 2.10 bits per heavy atom. The summed E-state index contributed by atoms with van der Waals surface area (Å²) in [5.41, 5.74) is 2.85. The summed E-state index contributed by atoms with van der Waals surface area (Å²) in [6.07, 6.45) is 0. The van der Waals surface area contributed by atoms with E-state index in [2.05, 4.69) is 26.1 Å². The predicted octanol–water partition coefficient (Wildman–Crippen LogP) is 2.39. The number of amides is 4. The van der Waals surface area contributed by atoms with Crippen molar-refractivity contribution in [2.75, 3.05) is 38.6 Å². The fourth-order valence-corrected chi connectivity index (χ4v) is 3.28. The van der Waals surface area contributed by atoms with Gasteiger partial charge < -0.3 is 20.3 Å². The van der Waals surface area contributed by atoms with Crippen molar-refractivity contribution in [3.63, 3.8) is 0 Å². The molecule has 9 heteroatoms. The molecule has 0 bridgehead atoms. The molecule has 1 saturated heterocycles. The number of nitrogens with one attached hydrogen (secondary N) is 4. The lowest BCUT2D eigenvalue weighted by atomic mass is 10.0. The van der Waals surface area contributed by atoms with Crippen LogP contribution in [0, 0.1) is 0 Å². The van der Waals surface area contributed by atoms with E-state index < -0.39 is 0 Å². The number of nitrogens with zero attached hydrogens (tertiary/aromatic N) is 2. The first kappa shape index (κ1) is 18.6. The summed E-state index contributed by atoms with van der Waals surface area (Å²) in [5.74, 6) is 1.24. The minimum atomic E-state index is -0.366. The van der Waals surface area contributed by atoms with Gasteiger partial charge in [-0.3, -0.25) is 10.4 Å². The number of fused-ring (bicyclic) bond motifs is 1. The topological polar surface area (TPSA) is 111 Å². The molecular formula is C20H22N6O3. The van der Waals surface area contributed by atoms with Crippen LogP contribution in [0.4, 0.5) is 15.4 Å². The Morgan fingerprint density at radius 3 is 2.90 bits per heavy atom. The van der Waals surface area contributed by atoms with Crippen LogP contribution in [0.25, 0.3) is 22.0 Å². The summed E-state index contributed by atoms with van der Waals surface area (Å²) in [4.78, 5) is 25.3. The third-order valence-electron chi connectivity index (χ3n) is 4.81. The third kappa shape index (κ3) is 4.08. The van der Waals surface area contributed by atoms with Crippen LogP contribution >= 0.6 is 0 Å². The molecule has 1 fully saturated rings. The van der Waals surface area contributed by atoms with Crippen LogP contribution in [0.3, 0.4) is 0 Å². The highest BCUT2D eigenvalue weighted by Crippen LogP contribution is 2.28. The molecule has 2 aromatic carbocycles. The van der Waals surface area contributed by atoms with Gasteiger partial charge in [0, 0.05) is 31.6 Å². The van der Waals surface area contributed by atoms with E-state index in [4.69, 9.17) is 4.74 Å². The van der Waals surface area contributed by atoms with E-state index >= 15 is 0 Å². The molecule has 3 aromatic rings. The molecule has 1 aliphatic heterocycles. The third-order valence-corrected chi connectivity index (χ3v) is 4.81. The van der Waals surface area contributed by atoms with Gasteiger partial charge in [-0.25, -0.2) is 9.59 Å². The van der Waals surface area contributed by atoms with E-state index in [9.17, 15) is 9.59 Å². The summed E-state index contributed by atoms with van der Waals surface area (Å²) < 4.78 is 5.28. The van der Waals surface area contributed by atoms with Crippen molar-refractivity contribution < 1.29 is 14.3 Å². The van der Waals surface area contributed by atoms with E-state index in [1.807, 2.05) is 42.5 Å². The standard InChI is InChI=1S/C20H22N6O3/c1-29-15-4-2-3-13(11-15)14-5-6-16-17(12-14)24-25-18(16)23-19(27)21-7-9-26-10-8-22-20(26)28/h2-6,11-12H,7-10H2,1H3,(H,22,28)(H3,21,23,24,25,27). The Hall–Kier alpha value is -3.75. The van der Waals surface area contributed by atoms with Crippen molar-refractivity contribution in [1.82, 2.24) is 25.7 Å². The fourth-order valence-electron chi connectivity index (χ4n) is 3.28. The smallest absolute Gasteiger partial charge is 0.320 e. The molecule has 4 N–H and O–H groups in total. The second kappa shape index (κ2) is 8.09. The van der Waals surface area contributed by atoms with Crippen molar-refractivity contribution in [2.24, 2.45) is 0 Å². The van der Waals surface area contributed by atoms with Crippen molar-refractivity contribution in [2.45, 2.75) is 0 Å². The van der Waals surface area contributed by atoms with E-state index in [0.29, 0.717) is 32.0 Å². The molecule has 0 aliphatic carbocycles. The SMILES string of the molecule is COc1cccc(-c2ccc3c(NC(=O)NCCN4CCNC4=O)n[nH]c3c2)c1. The maximum atomic E-state index is 12.2. The lowest BCUT2D eigenvalue weighted by molar-refractivity contribution is 0.216. The van der Waals surface area contributed by atoms with E-state index in [1.54, 1.807) is 12.0 Å². The zero-order valence-electron chi connectivity index (χ0n) is 16.0. The molecule has 0 saturated carbocycles. The molecule has 150 valence electrons. The molecule has 0 radical (unpaired) electrons. The summed E-state index contributed by atoms with van der Waals surface area (Å²) in [7, 11) is 1.64. The number of H-pyrrole nitrogens is 1. The summed E-state index contributed by atoms with van der Waals surface area (Å²) in [6, 6.07) is 13.2. The highest BCUT2D eigenvalue weighted by Gasteiger charge is 2.18. The number of hydrogen-bond donors (Lipinski definition) is 4. The first-order valence-electron chi connectivity index (χ1n) is 9.34. The number of benzene rings is 2. The molecule has 0 spiro atoms. The van der Waals surface area contributed by atoms with Crippen LogP contribution in [-0.4, -0.2) is 60.4 Å². The number of hydrogen-bond acceptors (Lipinski definition) is 4. The fraction of sp³-hybridized carbons (Fsp3) is 0.250. The predicted molar refractivity (Wildman–Crippen MR) is 110 cm³/mol. The van der Waals surface area contributed by atoms with Gasteiger partial charge >= 0.3 is 12.1 Å². The number of aromatic nitrogens is 2. The number of urea groups is 2. The Balaban J connectivity index is 1.40. The molecular weight excluding hydrogens is 372 g/mol. The Morgan fingerprint density at radius 1 is 1.24 bits per heavy atom. The highest BCUT2D eigenvalue weighted by atomic mass is 16.5. The zero-order chi connectivity index (χ0) is 20.2. The van der Waals surface area contributed by atoms with Crippen molar-refractivity contribution in [1.29, 1.82) is 0 Å². The number of carbonyl (C=O) groups is 2. The largest absolute Gasteiger partial charge is 0.497 e. The number of aromatic amines is 1. The van der Waals surface area contributed by atoms with Crippen LogP contribution in [0.1, 0.15) is 0 Å². The molecule has 1 aromatic heterocycles. The van der Waals surface area contributed by atoms with Gasteiger partial charge in [-0.15, -0.1) is 0 Å². The number of anilines is 1. The van der Waals surface area contributed by atoms with Crippen LogP contribution in [0.5, 0.6) is 5.75 Å². The maximum Gasteiger partial charge on any atom is 0.320 e. The lowest BCUT2D eigenvalue weighted by Crippen LogP contribution is -2.38. The molecule has 0 unspecified atom stereocenters. The molecule has 9 nitrogen and oxygen atoms in total. The number of rotatable bonds is 6. The van der Waals surface area contributed by atoms with Gasteiger partial charge in [0.05, 0.1) is 12.6 Å². The van der Waals surface area contributed by atoms with Gasteiger partial charge in [0.2, 0.25) is 0 Å². The van der Waals surface area contributed by atoms with E-state index in [0.717, 1.165) is 27.8 Å². The minimum Gasteiger partial charge on any atom is -0.497 e. The summed E-state index contributed by atoms with van der Waals surface area (Å²) in [5, 5.41) is 16.2. The number of carbonyl (C=O) groups excluding carboxylic acids is 2. The molecule has 0 atom stereocenters. The van der Waals surface area contributed by atoms with E-state index in [1.165, 1.54) is 0 Å². The number of methoxy groups -OCH3 is 1. The maximum absolute atomic E-state index is 12.2. The quantitative estimate of drug-likeness (QED) is 0.514. The zero-order valence-corrected chi connectivity index (χ0v) is 16.0. The Labute approximate surface area is 167 Å². The lowest BCUT2D eigenvalue weighted by Gasteiger charge is -2.14. The Bertz CT molecular complexity index is 1050. The molecule has 1 aliphatic rings. The van der Waals surface area contributed by atoms with Crippen LogP contribution in [0.2, 0.25) is 0 Å². The van der Waals surface area contributed by atoms with Crippen molar-refractivity contribution in [3.8, 4) is 16.9 Å². The Kier molecular flexibility index (Phi) is 5.19. The van der Waals surface area contributed by atoms with Crippen LogP contribution < -0.4 is 20.7 Å². The minimum absolute atomic E-state index is 0.0997.